The van der Waals surface area contributed by atoms with Gasteiger partial charge in [-0.15, -0.1) is 0 Å². The zero-order valence-corrected chi connectivity index (χ0v) is 13.5. The van der Waals surface area contributed by atoms with E-state index in [1.54, 1.807) is 12.4 Å². The molecule has 6 heteroatoms. The van der Waals surface area contributed by atoms with Crippen molar-refractivity contribution in [1.82, 2.24) is 15.3 Å². The highest BCUT2D eigenvalue weighted by Crippen LogP contribution is 2.34. The molecule has 0 aliphatic carbocycles. The average molecular weight is 329 g/mol. The van der Waals surface area contributed by atoms with E-state index in [1.165, 1.54) is 0 Å². The van der Waals surface area contributed by atoms with Crippen LogP contribution in [0.5, 0.6) is 0 Å². The molecule has 0 saturated carbocycles. The van der Waals surface area contributed by atoms with E-state index in [4.69, 9.17) is 16.0 Å². The van der Waals surface area contributed by atoms with Crippen molar-refractivity contribution in [3.63, 3.8) is 0 Å². The normalized spacial score (nSPS) is 18.5. The van der Waals surface area contributed by atoms with Crippen molar-refractivity contribution in [2.24, 2.45) is 0 Å². The molecule has 1 unspecified atom stereocenters. The molecule has 4 rings (SSSR count). The van der Waals surface area contributed by atoms with Crippen LogP contribution in [-0.4, -0.2) is 35.6 Å². The van der Waals surface area contributed by atoms with Crippen LogP contribution in [0.4, 0.5) is 6.01 Å². The van der Waals surface area contributed by atoms with Gasteiger partial charge in [-0.2, -0.15) is 4.98 Å². The molecule has 1 N–H and O–H groups in total. The monoisotopic (exact) mass is 328 g/mol. The van der Waals surface area contributed by atoms with Crippen molar-refractivity contribution < 1.29 is 4.42 Å². The lowest BCUT2D eigenvalue weighted by molar-refractivity contribution is 0.456. The maximum absolute atomic E-state index is 6.28. The van der Waals surface area contributed by atoms with Crippen molar-refractivity contribution in [2.75, 3.05) is 24.5 Å². The molecule has 3 aromatic rings. The minimum atomic E-state index is 0.344. The van der Waals surface area contributed by atoms with E-state index in [-0.39, 0.29) is 0 Å². The summed E-state index contributed by atoms with van der Waals surface area (Å²) in [7, 11) is 0. The number of hydrogen-bond acceptors (Lipinski definition) is 5. The zero-order valence-electron chi connectivity index (χ0n) is 12.8. The van der Waals surface area contributed by atoms with E-state index in [0.717, 1.165) is 41.9 Å². The molecule has 0 radical (unpaired) electrons. The summed E-state index contributed by atoms with van der Waals surface area (Å²) < 4.78 is 6.13. The largest absolute Gasteiger partial charge is 0.423 e. The molecular weight excluding hydrogens is 312 g/mol. The summed E-state index contributed by atoms with van der Waals surface area (Å²) in [6.45, 7) is 4.90. The molecule has 1 saturated heterocycles. The fourth-order valence-corrected chi connectivity index (χ4v) is 3.19. The number of rotatable bonds is 2. The van der Waals surface area contributed by atoms with Crippen LogP contribution < -0.4 is 10.2 Å². The fraction of sp³-hybridized carbons (Fsp3) is 0.294. The number of benzene rings is 1. The van der Waals surface area contributed by atoms with Gasteiger partial charge in [0.15, 0.2) is 5.58 Å². The summed E-state index contributed by atoms with van der Waals surface area (Å²) >= 11 is 6.28. The highest BCUT2D eigenvalue weighted by Gasteiger charge is 2.24. The van der Waals surface area contributed by atoms with Gasteiger partial charge in [-0.3, -0.25) is 4.98 Å². The Morgan fingerprint density at radius 3 is 2.91 bits per heavy atom. The minimum Gasteiger partial charge on any atom is -0.423 e. The molecule has 1 aliphatic heterocycles. The first-order valence-corrected chi connectivity index (χ1v) is 8.08. The first-order valence-electron chi connectivity index (χ1n) is 7.70. The third-order valence-corrected chi connectivity index (χ3v) is 4.40. The molecule has 1 fully saturated rings. The van der Waals surface area contributed by atoms with Gasteiger partial charge in [-0.05, 0) is 36.8 Å². The van der Waals surface area contributed by atoms with Crippen molar-refractivity contribution >= 4 is 28.7 Å². The number of pyridine rings is 1. The summed E-state index contributed by atoms with van der Waals surface area (Å²) in [4.78, 5) is 10.9. The Balaban J connectivity index is 1.85. The number of hydrogen-bond donors (Lipinski definition) is 1. The van der Waals surface area contributed by atoms with Gasteiger partial charge >= 0.3 is 0 Å². The Morgan fingerprint density at radius 1 is 1.30 bits per heavy atom. The van der Waals surface area contributed by atoms with E-state index in [9.17, 15) is 0 Å². The van der Waals surface area contributed by atoms with Gasteiger partial charge in [0, 0.05) is 48.7 Å². The summed E-state index contributed by atoms with van der Waals surface area (Å²) in [6.07, 6.45) is 3.52. The molecule has 0 bridgehead atoms. The molecule has 0 amide bonds. The molecule has 118 valence electrons. The van der Waals surface area contributed by atoms with Crippen LogP contribution in [0.1, 0.15) is 6.92 Å². The summed E-state index contributed by atoms with van der Waals surface area (Å²) in [5.41, 5.74) is 3.51. The molecule has 1 atom stereocenters. The molecule has 1 aromatic carbocycles. The Hall–Kier alpha value is -2.11. The number of anilines is 1. The first-order chi connectivity index (χ1) is 11.2. The van der Waals surface area contributed by atoms with Gasteiger partial charge in [0.1, 0.15) is 5.52 Å². The van der Waals surface area contributed by atoms with Crippen molar-refractivity contribution in [2.45, 2.75) is 13.0 Å². The van der Waals surface area contributed by atoms with E-state index in [1.807, 2.05) is 24.3 Å². The van der Waals surface area contributed by atoms with Crippen molar-refractivity contribution in [3.05, 3.63) is 41.7 Å². The molecule has 1 aliphatic rings. The van der Waals surface area contributed by atoms with Crippen molar-refractivity contribution in [3.8, 4) is 11.1 Å². The second-order valence-electron chi connectivity index (χ2n) is 5.78. The van der Waals surface area contributed by atoms with Crippen LogP contribution in [0.15, 0.2) is 41.1 Å². The van der Waals surface area contributed by atoms with Crippen LogP contribution in [0.3, 0.4) is 0 Å². The van der Waals surface area contributed by atoms with E-state index in [2.05, 4.69) is 27.1 Å². The third kappa shape index (κ3) is 2.66. The van der Waals surface area contributed by atoms with Crippen molar-refractivity contribution in [1.29, 1.82) is 0 Å². The van der Waals surface area contributed by atoms with E-state index in [0.29, 0.717) is 17.1 Å². The number of nitrogens with zero attached hydrogens (tertiary/aromatic N) is 3. The summed E-state index contributed by atoms with van der Waals surface area (Å²) in [5.74, 6) is 0. The fourth-order valence-electron chi connectivity index (χ4n) is 2.98. The van der Waals surface area contributed by atoms with Crippen LogP contribution in [0.25, 0.3) is 22.2 Å². The van der Waals surface area contributed by atoms with E-state index < -0.39 is 0 Å². The van der Waals surface area contributed by atoms with E-state index >= 15 is 0 Å². The Bertz CT molecular complexity index is 833. The molecular formula is C17H17ClN4O. The Morgan fingerprint density at radius 2 is 2.13 bits per heavy atom. The standard InChI is InChI=1S/C17H17ClN4O/c1-11-10-20-6-7-22(11)17-21-15-9-13(18)8-14(16(15)23-17)12-2-4-19-5-3-12/h2-5,8-9,11,20H,6-7,10H2,1H3. The van der Waals surface area contributed by atoms with Gasteiger partial charge in [0.2, 0.25) is 0 Å². The second-order valence-corrected chi connectivity index (χ2v) is 6.22. The smallest absolute Gasteiger partial charge is 0.298 e. The predicted octanol–water partition coefficient (Wildman–Crippen LogP) is 3.34. The molecule has 23 heavy (non-hydrogen) atoms. The number of halogens is 1. The maximum atomic E-state index is 6.28. The van der Waals surface area contributed by atoms with Crippen LogP contribution in [-0.2, 0) is 0 Å². The minimum absolute atomic E-state index is 0.344. The summed E-state index contributed by atoms with van der Waals surface area (Å²) in [5, 5.41) is 4.03. The molecule has 5 nitrogen and oxygen atoms in total. The van der Waals surface area contributed by atoms with Gasteiger partial charge in [0.05, 0.1) is 0 Å². The highest BCUT2D eigenvalue weighted by molar-refractivity contribution is 6.31. The quantitative estimate of drug-likeness (QED) is 0.782. The predicted molar refractivity (Wildman–Crippen MR) is 91.9 cm³/mol. The highest BCUT2D eigenvalue weighted by atomic mass is 35.5. The van der Waals surface area contributed by atoms with Gasteiger partial charge in [-0.25, -0.2) is 0 Å². The topological polar surface area (TPSA) is 54.2 Å². The first kappa shape index (κ1) is 14.5. The second kappa shape index (κ2) is 5.83. The zero-order chi connectivity index (χ0) is 15.8. The Labute approximate surface area is 139 Å². The number of piperazine rings is 1. The lowest BCUT2D eigenvalue weighted by atomic mass is 10.1. The van der Waals surface area contributed by atoms with Crippen LogP contribution in [0.2, 0.25) is 5.02 Å². The SMILES string of the molecule is CC1CNCCN1c1nc2cc(Cl)cc(-c3ccncc3)c2o1. The van der Waals surface area contributed by atoms with Gasteiger partial charge in [-0.1, -0.05) is 11.6 Å². The number of fused-ring (bicyclic) bond motifs is 1. The maximum Gasteiger partial charge on any atom is 0.298 e. The third-order valence-electron chi connectivity index (χ3n) is 4.18. The molecule has 0 spiro atoms. The Kier molecular flexibility index (Phi) is 3.67. The molecule has 3 heterocycles. The number of nitrogens with one attached hydrogen (secondary N) is 1. The van der Waals surface area contributed by atoms with Gasteiger partial charge < -0.3 is 14.6 Å². The number of aromatic nitrogens is 2. The molecule has 2 aromatic heterocycles. The lowest BCUT2D eigenvalue weighted by Crippen LogP contribution is -2.50. The summed E-state index contributed by atoms with van der Waals surface area (Å²) in [6, 6.07) is 8.65. The number of oxazole rings is 1. The lowest BCUT2D eigenvalue weighted by Gasteiger charge is -2.32. The van der Waals surface area contributed by atoms with Gasteiger partial charge in [0.25, 0.3) is 6.01 Å². The average Bonchev–Trinajstić information content (AvgIpc) is 2.99. The van der Waals surface area contributed by atoms with Crippen LogP contribution in [0, 0.1) is 0 Å². The van der Waals surface area contributed by atoms with Crippen LogP contribution >= 0.6 is 11.6 Å².